The molecule has 25 heavy (non-hydrogen) atoms. The zero-order valence-electron chi connectivity index (χ0n) is 14.2. The third kappa shape index (κ3) is 4.66. The van der Waals surface area contributed by atoms with Crippen LogP contribution in [0.3, 0.4) is 0 Å². The number of piperidine rings is 1. The number of ketones is 1. The molecule has 2 heterocycles. The predicted molar refractivity (Wildman–Crippen MR) is 96.4 cm³/mol. The molecular weight excluding hydrogens is 314 g/mol. The highest BCUT2D eigenvalue weighted by molar-refractivity contribution is 5.97. The minimum absolute atomic E-state index is 0.0139. The normalized spacial score (nSPS) is 15.0. The number of hydrogen-bond acceptors (Lipinski definition) is 3. The summed E-state index contributed by atoms with van der Waals surface area (Å²) in [5, 5.41) is 2.94. The van der Waals surface area contributed by atoms with E-state index in [9.17, 15) is 9.59 Å². The smallest absolute Gasteiger partial charge is 0.317 e. The van der Waals surface area contributed by atoms with Crippen LogP contribution in [-0.4, -0.2) is 41.3 Å². The molecule has 3 rings (SSSR count). The monoisotopic (exact) mass is 337 g/mol. The van der Waals surface area contributed by atoms with Gasteiger partial charge in [-0.15, -0.1) is 0 Å². The summed E-state index contributed by atoms with van der Waals surface area (Å²) in [5.74, 6) is 0.204. The molecule has 1 saturated heterocycles. The third-order valence-corrected chi connectivity index (χ3v) is 4.59. The van der Waals surface area contributed by atoms with Crippen LogP contribution in [0.2, 0.25) is 0 Å². The molecule has 1 N–H and O–H groups in total. The summed E-state index contributed by atoms with van der Waals surface area (Å²) >= 11 is 0. The van der Waals surface area contributed by atoms with Gasteiger partial charge in [0, 0.05) is 49.4 Å². The van der Waals surface area contributed by atoms with Crippen LogP contribution in [0.15, 0.2) is 54.7 Å². The van der Waals surface area contributed by atoms with Crippen molar-refractivity contribution in [2.24, 2.45) is 5.92 Å². The number of nitrogens with one attached hydrogen (secondary N) is 1. The van der Waals surface area contributed by atoms with E-state index in [0.717, 1.165) is 30.5 Å². The van der Waals surface area contributed by atoms with Gasteiger partial charge in [0.05, 0.1) is 0 Å². The van der Waals surface area contributed by atoms with Crippen LogP contribution in [-0.2, 0) is 6.42 Å². The molecule has 5 nitrogen and oxygen atoms in total. The number of aromatic nitrogens is 1. The minimum Gasteiger partial charge on any atom is -0.338 e. The van der Waals surface area contributed by atoms with Crippen molar-refractivity contribution in [1.82, 2.24) is 15.2 Å². The summed E-state index contributed by atoms with van der Waals surface area (Å²) < 4.78 is 0. The van der Waals surface area contributed by atoms with E-state index in [-0.39, 0.29) is 17.7 Å². The Morgan fingerprint density at radius 2 is 1.76 bits per heavy atom. The van der Waals surface area contributed by atoms with Gasteiger partial charge in [0.1, 0.15) is 0 Å². The number of carbonyl (C=O) groups is 2. The Kier molecular flexibility index (Phi) is 5.77. The zero-order chi connectivity index (χ0) is 17.5. The van der Waals surface area contributed by atoms with E-state index in [0.29, 0.717) is 19.6 Å². The second-order valence-corrected chi connectivity index (χ2v) is 6.29. The number of rotatable bonds is 5. The van der Waals surface area contributed by atoms with Crippen molar-refractivity contribution in [2.45, 2.75) is 19.3 Å². The van der Waals surface area contributed by atoms with Gasteiger partial charge in [-0.25, -0.2) is 4.79 Å². The largest absolute Gasteiger partial charge is 0.338 e. The van der Waals surface area contributed by atoms with E-state index in [2.05, 4.69) is 10.3 Å². The Labute approximate surface area is 148 Å². The van der Waals surface area contributed by atoms with Crippen LogP contribution in [0.25, 0.3) is 0 Å². The maximum atomic E-state index is 12.5. The number of carbonyl (C=O) groups excluding carboxylic acids is 2. The molecule has 5 heteroatoms. The molecule has 0 bridgehead atoms. The first-order valence-corrected chi connectivity index (χ1v) is 8.76. The van der Waals surface area contributed by atoms with E-state index in [1.165, 1.54) is 0 Å². The molecule has 1 aromatic heterocycles. The number of hydrogen-bond donors (Lipinski definition) is 1. The summed E-state index contributed by atoms with van der Waals surface area (Å²) in [6.07, 6.45) is 3.92. The van der Waals surface area contributed by atoms with E-state index in [4.69, 9.17) is 0 Å². The standard InChI is InChI=1S/C20H23N3O2/c24-19(16-6-2-1-3-7-16)17-10-14-23(15-11-17)20(25)22-13-9-18-8-4-5-12-21-18/h1-8,12,17H,9-11,13-15H2,(H,22,25). The van der Waals surface area contributed by atoms with E-state index >= 15 is 0 Å². The van der Waals surface area contributed by atoms with Crippen molar-refractivity contribution in [2.75, 3.05) is 19.6 Å². The highest BCUT2D eigenvalue weighted by Crippen LogP contribution is 2.21. The number of nitrogens with zero attached hydrogens (tertiary/aromatic N) is 2. The van der Waals surface area contributed by atoms with Crippen LogP contribution >= 0.6 is 0 Å². The maximum absolute atomic E-state index is 12.5. The van der Waals surface area contributed by atoms with Crippen LogP contribution in [0, 0.1) is 5.92 Å². The summed E-state index contributed by atoms with van der Waals surface area (Å²) in [5.41, 5.74) is 1.73. The zero-order valence-corrected chi connectivity index (χ0v) is 14.2. The molecule has 1 fully saturated rings. The van der Waals surface area contributed by atoms with Gasteiger partial charge in [0.15, 0.2) is 5.78 Å². The Bertz CT molecular complexity index is 695. The molecule has 0 saturated carbocycles. The average Bonchev–Trinajstić information content (AvgIpc) is 2.69. The van der Waals surface area contributed by atoms with Crippen LogP contribution < -0.4 is 5.32 Å². The first kappa shape index (κ1) is 17.1. The second-order valence-electron chi connectivity index (χ2n) is 6.29. The molecule has 2 amide bonds. The van der Waals surface area contributed by atoms with Gasteiger partial charge < -0.3 is 10.2 Å². The molecule has 0 radical (unpaired) electrons. The van der Waals surface area contributed by atoms with Crippen molar-refractivity contribution < 1.29 is 9.59 Å². The lowest BCUT2D eigenvalue weighted by molar-refractivity contribution is 0.0854. The lowest BCUT2D eigenvalue weighted by atomic mass is 9.89. The van der Waals surface area contributed by atoms with E-state index in [1.807, 2.05) is 48.5 Å². The maximum Gasteiger partial charge on any atom is 0.317 e. The first-order valence-electron chi connectivity index (χ1n) is 8.76. The Morgan fingerprint density at radius 3 is 2.44 bits per heavy atom. The fraction of sp³-hybridized carbons (Fsp3) is 0.350. The van der Waals surface area contributed by atoms with Crippen LogP contribution in [0.5, 0.6) is 0 Å². The summed E-state index contributed by atoms with van der Waals surface area (Å²) in [6, 6.07) is 15.1. The summed E-state index contributed by atoms with van der Waals surface area (Å²) in [4.78, 5) is 30.8. The first-order chi connectivity index (χ1) is 12.2. The molecule has 1 aromatic carbocycles. The number of Topliss-reactive ketones (excluding diaryl/α,β-unsaturated/α-hetero) is 1. The van der Waals surface area contributed by atoms with Gasteiger partial charge in [-0.05, 0) is 25.0 Å². The minimum atomic E-state index is -0.0541. The van der Waals surface area contributed by atoms with Crippen molar-refractivity contribution in [1.29, 1.82) is 0 Å². The third-order valence-electron chi connectivity index (χ3n) is 4.59. The van der Waals surface area contributed by atoms with Gasteiger partial charge in [-0.1, -0.05) is 36.4 Å². The average molecular weight is 337 g/mol. The molecule has 0 atom stereocenters. The van der Waals surface area contributed by atoms with E-state index < -0.39 is 0 Å². The van der Waals surface area contributed by atoms with Gasteiger partial charge >= 0.3 is 6.03 Å². The molecule has 0 spiro atoms. The Hall–Kier alpha value is -2.69. The molecular formula is C20H23N3O2. The second kappa shape index (κ2) is 8.42. The molecule has 130 valence electrons. The molecule has 1 aliphatic heterocycles. The summed E-state index contributed by atoms with van der Waals surface area (Å²) in [7, 11) is 0. The predicted octanol–water partition coefficient (Wildman–Crippen LogP) is 2.93. The SMILES string of the molecule is O=C(c1ccccc1)C1CCN(C(=O)NCCc2ccccn2)CC1. The summed E-state index contributed by atoms with van der Waals surface area (Å²) in [6.45, 7) is 1.82. The number of amides is 2. The highest BCUT2D eigenvalue weighted by atomic mass is 16.2. The number of likely N-dealkylation sites (tertiary alicyclic amines) is 1. The van der Waals surface area contributed by atoms with Gasteiger partial charge in [0.2, 0.25) is 0 Å². The molecule has 2 aromatic rings. The Morgan fingerprint density at radius 1 is 1.04 bits per heavy atom. The molecule has 0 unspecified atom stereocenters. The quantitative estimate of drug-likeness (QED) is 0.853. The topological polar surface area (TPSA) is 62.3 Å². The van der Waals surface area contributed by atoms with Gasteiger partial charge in [-0.3, -0.25) is 9.78 Å². The van der Waals surface area contributed by atoms with Crippen molar-refractivity contribution >= 4 is 11.8 Å². The van der Waals surface area contributed by atoms with Crippen LogP contribution in [0.1, 0.15) is 28.9 Å². The van der Waals surface area contributed by atoms with Crippen molar-refractivity contribution in [3.8, 4) is 0 Å². The van der Waals surface area contributed by atoms with Crippen molar-refractivity contribution in [3.63, 3.8) is 0 Å². The molecule has 0 aliphatic carbocycles. The highest BCUT2D eigenvalue weighted by Gasteiger charge is 2.27. The number of pyridine rings is 1. The van der Waals surface area contributed by atoms with Crippen molar-refractivity contribution in [3.05, 3.63) is 66.0 Å². The fourth-order valence-electron chi connectivity index (χ4n) is 3.14. The van der Waals surface area contributed by atoms with E-state index in [1.54, 1.807) is 11.1 Å². The fourth-order valence-corrected chi connectivity index (χ4v) is 3.14. The lowest BCUT2D eigenvalue weighted by Crippen LogP contribution is -2.46. The van der Waals surface area contributed by atoms with Gasteiger partial charge in [-0.2, -0.15) is 0 Å². The lowest BCUT2D eigenvalue weighted by Gasteiger charge is -2.31. The van der Waals surface area contributed by atoms with Crippen LogP contribution in [0.4, 0.5) is 4.79 Å². The van der Waals surface area contributed by atoms with Gasteiger partial charge in [0.25, 0.3) is 0 Å². The Balaban J connectivity index is 1.42. The molecule has 1 aliphatic rings. The number of urea groups is 1. The number of benzene rings is 1.